The van der Waals surface area contributed by atoms with Crippen LogP contribution in [0.5, 0.6) is 0 Å². The molecule has 26 heavy (non-hydrogen) atoms. The first-order valence-corrected chi connectivity index (χ1v) is 10.1. The van der Waals surface area contributed by atoms with Gasteiger partial charge in [0.25, 0.3) is 15.7 Å². The fraction of sp³-hybridized carbons (Fsp3) is 0. The van der Waals surface area contributed by atoms with Crippen LogP contribution in [0.4, 0.5) is 10.8 Å². The van der Waals surface area contributed by atoms with Gasteiger partial charge >= 0.3 is 0 Å². The van der Waals surface area contributed by atoms with Crippen molar-refractivity contribution in [3.8, 4) is 11.3 Å². The number of rotatable bonds is 5. The Morgan fingerprint density at radius 3 is 2.62 bits per heavy atom. The van der Waals surface area contributed by atoms with Gasteiger partial charge in [-0.2, -0.15) is 0 Å². The van der Waals surface area contributed by atoms with E-state index in [0.29, 0.717) is 21.3 Å². The molecular formula is C15H9Cl2N3O4S2. The van der Waals surface area contributed by atoms with E-state index in [1.54, 1.807) is 23.6 Å². The van der Waals surface area contributed by atoms with Crippen molar-refractivity contribution in [2.45, 2.75) is 4.90 Å². The second-order valence-electron chi connectivity index (χ2n) is 5.02. The number of nitro benzene ring substituents is 1. The largest absolute Gasteiger partial charge is 0.270 e. The average Bonchev–Trinajstić information content (AvgIpc) is 3.02. The molecule has 0 radical (unpaired) electrons. The zero-order valence-electron chi connectivity index (χ0n) is 12.7. The van der Waals surface area contributed by atoms with Crippen LogP contribution in [0, 0.1) is 10.1 Å². The first kappa shape index (κ1) is 18.6. The minimum Gasteiger partial charge on any atom is -0.258 e. The highest BCUT2D eigenvalue weighted by atomic mass is 35.5. The standard InChI is InChI=1S/C15H9Cl2N3O4S2/c16-9-4-5-12(13(17)6-9)14-8-25-15(18-14)19-26(23,24)11-3-1-2-10(7-11)20(21)22/h1-8H,(H,18,19). The van der Waals surface area contributed by atoms with E-state index >= 15 is 0 Å². The number of nitrogens with one attached hydrogen (secondary N) is 1. The van der Waals surface area contributed by atoms with Crippen LogP contribution in [-0.4, -0.2) is 18.3 Å². The van der Waals surface area contributed by atoms with E-state index in [-0.39, 0.29) is 15.7 Å². The lowest BCUT2D eigenvalue weighted by Gasteiger charge is -2.05. The molecule has 0 bridgehead atoms. The quantitative estimate of drug-likeness (QED) is 0.462. The molecule has 3 rings (SSSR count). The molecule has 0 atom stereocenters. The summed E-state index contributed by atoms with van der Waals surface area (Å²) >= 11 is 13.0. The molecule has 0 aliphatic carbocycles. The number of sulfonamides is 1. The Labute approximate surface area is 162 Å². The van der Waals surface area contributed by atoms with E-state index in [9.17, 15) is 18.5 Å². The van der Waals surface area contributed by atoms with Crippen LogP contribution in [0.15, 0.2) is 52.7 Å². The first-order valence-electron chi connectivity index (χ1n) is 6.94. The van der Waals surface area contributed by atoms with Gasteiger partial charge < -0.3 is 0 Å². The fourth-order valence-electron chi connectivity index (χ4n) is 2.08. The topological polar surface area (TPSA) is 102 Å². The first-order chi connectivity index (χ1) is 12.3. The number of nitrogens with zero attached hydrogens (tertiary/aromatic N) is 2. The number of aromatic nitrogens is 1. The molecule has 11 heteroatoms. The summed E-state index contributed by atoms with van der Waals surface area (Å²) in [6.45, 7) is 0. The zero-order valence-corrected chi connectivity index (χ0v) is 15.9. The number of halogens is 2. The number of hydrogen-bond donors (Lipinski definition) is 1. The van der Waals surface area contributed by atoms with Crippen LogP contribution in [0.1, 0.15) is 0 Å². The Bertz CT molecular complexity index is 1100. The molecule has 0 spiro atoms. The maximum Gasteiger partial charge on any atom is 0.270 e. The molecule has 134 valence electrons. The summed E-state index contributed by atoms with van der Waals surface area (Å²) < 4.78 is 27.2. The summed E-state index contributed by atoms with van der Waals surface area (Å²) in [5.74, 6) is 0. The van der Waals surface area contributed by atoms with Gasteiger partial charge in [-0.15, -0.1) is 11.3 Å². The molecule has 0 fully saturated rings. The summed E-state index contributed by atoms with van der Waals surface area (Å²) in [7, 11) is -4.02. The summed E-state index contributed by atoms with van der Waals surface area (Å²) in [4.78, 5) is 14.1. The molecule has 1 aromatic heterocycles. The molecule has 7 nitrogen and oxygen atoms in total. The molecule has 1 heterocycles. The number of non-ortho nitro benzene ring substituents is 1. The lowest BCUT2D eigenvalue weighted by atomic mass is 10.2. The summed E-state index contributed by atoms with van der Waals surface area (Å²) in [6.07, 6.45) is 0. The van der Waals surface area contributed by atoms with Gasteiger partial charge in [0.05, 0.1) is 20.5 Å². The molecule has 0 unspecified atom stereocenters. The van der Waals surface area contributed by atoms with Crippen molar-refractivity contribution in [3.05, 3.63) is 68.0 Å². The molecule has 1 N–H and O–H groups in total. The van der Waals surface area contributed by atoms with Crippen molar-refractivity contribution in [3.63, 3.8) is 0 Å². The van der Waals surface area contributed by atoms with E-state index in [4.69, 9.17) is 23.2 Å². The van der Waals surface area contributed by atoms with Gasteiger partial charge in [-0.1, -0.05) is 29.3 Å². The van der Waals surface area contributed by atoms with Gasteiger partial charge in [0, 0.05) is 28.1 Å². The Balaban J connectivity index is 1.88. The minimum atomic E-state index is -4.02. The third-order valence-corrected chi connectivity index (χ3v) is 6.04. The highest BCUT2D eigenvalue weighted by Gasteiger charge is 2.19. The molecule has 2 aromatic carbocycles. The van der Waals surface area contributed by atoms with Crippen LogP contribution in [-0.2, 0) is 10.0 Å². The average molecular weight is 430 g/mol. The second kappa shape index (κ2) is 7.20. The Kier molecular flexibility index (Phi) is 5.15. The van der Waals surface area contributed by atoms with Crippen molar-refractivity contribution in [1.29, 1.82) is 0 Å². The van der Waals surface area contributed by atoms with Crippen molar-refractivity contribution in [2.24, 2.45) is 0 Å². The molecule has 0 amide bonds. The Morgan fingerprint density at radius 1 is 1.15 bits per heavy atom. The molecule has 0 saturated heterocycles. The number of thiazole rings is 1. The maximum absolute atomic E-state index is 12.4. The van der Waals surface area contributed by atoms with E-state index in [0.717, 1.165) is 17.4 Å². The van der Waals surface area contributed by atoms with Crippen molar-refractivity contribution in [1.82, 2.24) is 4.98 Å². The molecule has 3 aromatic rings. The summed E-state index contributed by atoms with van der Waals surface area (Å²) in [5, 5.41) is 13.4. The smallest absolute Gasteiger partial charge is 0.258 e. The van der Waals surface area contributed by atoms with Gasteiger partial charge in [-0.3, -0.25) is 14.8 Å². The number of benzene rings is 2. The lowest BCUT2D eigenvalue weighted by Crippen LogP contribution is -2.13. The predicted molar refractivity (Wildman–Crippen MR) is 101 cm³/mol. The highest BCUT2D eigenvalue weighted by Crippen LogP contribution is 2.33. The monoisotopic (exact) mass is 429 g/mol. The van der Waals surface area contributed by atoms with Crippen LogP contribution in [0.3, 0.4) is 0 Å². The van der Waals surface area contributed by atoms with Gasteiger partial charge in [0.2, 0.25) is 0 Å². The predicted octanol–water partition coefficient (Wildman–Crippen LogP) is 4.83. The van der Waals surface area contributed by atoms with Crippen LogP contribution in [0.25, 0.3) is 11.3 Å². The fourth-order valence-corrected chi connectivity index (χ4v) is 4.59. The SMILES string of the molecule is O=[N+]([O-])c1cccc(S(=O)(=O)Nc2nc(-c3ccc(Cl)cc3Cl)cs2)c1. The van der Waals surface area contributed by atoms with Crippen LogP contribution < -0.4 is 4.72 Å². The Hall–Kier alpha value is -2.20. The van der Waals surface area contributed by atoms with Gasteiger partial charge in [-0.05, 0) is 24.3 Å². The third-order valence-electron chi connectivity index (χ3n) is 3.27. The third kappa shape index (κ3) is 3.96. The van der Waals surface area contributed by atoms with E-state index in [1.807, 2.05) is 0 Å². The minimum absolute atomic E-state index is 0.109. The van der Waals surface area contributed by atoms with Gasteiger partial charge in [0.15, 0.2) is 5.13 Å². The lowest BCUT2D eigenvalue weighted by molar-refractivity contribution is -0.385. The molecule has 0 aliphatic rings. The molecular weight excluding hydrogens is 421 g/mol. The van der Waals surface area contributed by atoms with E-state index in [1.165, 1.54) is 18.2 Å². The van der Waals surface area contributed by atoms with Crippen molar-refractivity contribution in [2.75, 3.05) is 4.72 Å². The molecule has 0 saturated carbocycles. The summed E-state index contributed by atoms with van der Waals surface area (Å²) in [6, 6.07) is 9.64. The van der Waals surface area contributed by atoms with E-state index < -0.39 is 14.9 Å². The van der Waals surface area contributed by atoms with Crippen LogP contribution >= 0.6 is 34.5 Å². The normalized spacial score (nSPS) is 11.3. The second-order valence-corrected chi connectivity index (χ2v) is 8.41. The molecule has 0 aliphatic heterocycles. The van der Waals surface area contributed by atoms with Gasteiger partial charge in [-0.25, -0.2) is 13.4 Å². The van der Waals surface area contributed by atoms with Crippen molar-refractivity contribution < 1.29 is 13.3 Å². The maximum atomic E-state index is 12.4. The van der Waals surface area contributed by atoms with Crippen molar-refractivity contribution >= 4 is 55.4 Å². The van der Waals surface area contributed by atoms with Crippen LogP contribution in [0.2, 0.25) is 10.0 Å². The Morgan fingerprint density at radius 2 is 1.92 bits per heavy atom. The number of hydrogen-bond acceptors (Lipinski definition) is 6. The number of anilines is 1. The summed E-state index contributed by atoms with van der Waals surface area (Å²) in [5.41, 5.74) is 0.766. The van der Waals surface area contributed by atoms with Gasteiger partial charge in [0.1, 0.15) is 0 Å². The van der Waals surface area contributed by atoms with E-state index in [2.05, 4.69) is 9.71 Å². The highest BCUT2D eigenvalue weighted by molar-refractivity contribution is 7.93. The zero-order chi connectivity index (χ0) is 18.9. The number of nitro groups is 1.